The number of aliphatic imine (C=N–C) groups is 1. The molecule has 33 heavy (non-hydrogen) atoms. The lowest BCUT2D eigenvalue weighted by atomic mass is 9.74. The summed E-state index contributed by atoms with van der Waals surface area (Å²) in [6.45, 7) is 6.77. The van der Waals surface area contributed by atoms with Crippen molar-refractivity contribution in [3.8, 4) is 16.9 Å². The number of halogens is 2. The number of carbonyl (C=O) groups excluding carboxylic acids is 2. The highest BCUT2D eigenvalue weighted by molar-refractivity contribution is 6.07. The van der Waals surface area contributed by atoms with Crippen molar-refractivity contribution in [2.24, 2.45) is 10.9 Å². The van der Waals surface area contributed by atoms with E-state index >= 15 is 0 Å². The van der Waals surface area contributed by atoms with Crippen LogP contribution in [0.5, 0.6) is 5.75 Å². The Labute approximate surface area is 190 Å². The van der Waals surface area contributed by atoms with Gasteiger partial charge in [-0.05, 0) is 57.5 Å². The number of nitrogens with zero attached hydrogens (tertiary/aromatic N) is 1. The number of ether oxygens (including phenoxy) is 2. The van der Waals surface area contributed by atoms with E-state index in [-0.39, 0.29) is 35.7 Å². The molecule has 0 radical (unpaired) electrons. The van der Waals surface area contributed by atoms with E-state index in [0.717, 1.165) is 12.1 Å². The zero-order valence-corrected chi connectivity index (χ0v) is 18.8. The minimum absolute atomic E-state index is 0.0991. The standard InChI is InChI=1S/C25H25F2NO5/c1-5-32-24(30)21-13(3)28-14(4)22(25(31)33-6-2)23(21)18-11-15(7-10-20(18)29)17-9-8-16(26)12-19(17)27/h7-12,21,23,29H,5-6H2,1-4H3. The molecule has 2 aromatic carbocycles. The lowest BCUT2D eigenvalue weighted by molar-refractivity contribution is -0.146. The number of hydrogen-bond donors (Lipinski definition) is 1. The Morgan fingerprint density at radius 1 is 1.03 bits per heavy atom. The lowest BCUT2D eigenvalue weighted by Gasteiger charge is -2.32. The normalized spacial score (nSPS) is 18.1. The number of hydrogen-bond acceptors (Lipinski definition) is 6. The van der Waals surface area contributed by atoms with Crippen molar-refractivity contribution in [2.45, 2.75) is 33.6 Å². The molecule has 1 N–H and O–H groups in total. The third-order valence-corrected chi connectivity index (χ3v) is 5.47. The first-order valence-electron chi connectivity index (χ1n) is 10.6. The number of rotatable bonds is 6. The molecule has 1 aliphatic rings. The van der Waals surface area contributed by atoms with Crippen molar-refractivity contribution in [2.75, 3.05) is 13.2 Å². The van der Waals surface area contributed by atoms with Crippen LogP contribution in [-0.4, -0.2) is 36.0 Å². The molecule has 6 nitrogen and oxygen atoms in total. The second kappa shape index (κ2) is 9.94. The summed E-state index contributed by atoms with van der Waals surface area (Å²) in [6, 6.07) is 7.46. The van der Waals surface area contributed by atoms with Gasteiger partial charge in [0.25, 0.3) is 0 Å². The summed E-state index contributed by atoms with van der Waals surface area (Å²) in [4.78, 5) is 30.2. The number of allylic oxidation sites excluding steroid dienone is 1. The van der Waals surface area contributed by atoms with Crippen LogP contribution in [0.1, 0.15) is 39.2 Å². The zero-order chi connectivity index (χ0) is 24.3. The van der Waals surface area contributed by atoms with E-state index in [1.807, 2.05) is 0 Å². The van der Waals surface area contributed by atoms with Gasteiger partial charge in [0.2, 0.25) is 0 Å². The Bertz CT molecular complexity index is 1160. The van der Waals surface area contributed by atoms with Gasteiger partial charge in [0.15, 0.2) is 0 Å². The average Bonchev–Trinajstić information content (AvgIpc) is 2.74. The van der Waals surface area contributed by atoms with Gasteiger partial charge < -0.3 is 14.6 Å². The van der Waals surface area contributed by atoms with Crippen LogP contribution in [0.15, 0.2) is 52.7 Å². The zero-order valence-electron chi connectivity index (χ0n) is 18.8. The summed E-state index contributed by atoms with van der Waals surface area (Å²) >= 11 is 0. The van der Waals surface area contributed by atoms with Gasteiger partial charge in [0, 0.05) is 34.5 Å². The molecule has 0 bridgehead atoms. The molecule has 0 amide bonds. The summed E-state index contributed by atoms with van der Waals surface area (Å²) in [5.41, 5.74) is 1.49. The van der Waals surface area contributed by atoms with Gasteiger partial charge in [0.1, 0.15) is 23.3 Å². The first kappa shape index (κ1) is 24.1. The van der Waals surface area contributed by atoms with Gasteiger partial charge in [0.05, 0.1) is 18.8 Å². The third kappa shape index (κ3) is 4.79. The second-order valence-corrected chi connectivity index (χ2v) is 7.58. The van der Waals surface area contributed by atoms with Crippen LogP contribution in [-0.2, 0) is 19.1 Å². The van der Waals surface area contributed by atoms with Crippen molar-refractivity contribution in [1.82, 2.24) is 0 Å². The van der Waals surface area contributed by atoms with Gasteiger partial charge >= 0.3 is 11.9 Å². The molecule has 2 unspecified atom stereocenters. The highest BCUT2D eigenvalue weighted by atomic mass is 19.1. The van der Waals surface area contributed by atoms with E-state index in [1.54, 1.807) is 27.7 Å². The Hall–Kier alpha value is -3.55. The number of benzene rings is 2. The molecule has 0 saturated heterocycles. The van der Waals surface area contributed by atoms with Crippen molar-refractivity contribution in [3.63, 3.8) is 0 Å². The Kier molecular flexibility index (Phi) is 7.26. The maximum Gasteiger partial charge on any atom is 0.336 e. The SMILES string of the molecule is CCOC(=O)C1=C(C)N=C(C)C(C(=O)OCC)C1c1cc(-c2ccc(F)cc2F)ccc1O. The van der Waals surface area contributed by atoms with E-state index in [0.29, 0.717) is 17.0 Å². The predicted octanol–water partition coefficient (Wildman–Crippen LogP) is 4.91. The van der Waals surface area contributed by atoms with Crippen LogP contribution < -0.4 is 0 Å². The van der Waals surface area contributed by atoms with E-state index < -0.39 is 35.4 Å². The molecule has 0 aliphatic carbocycles. The fourth-order valence-corrected chi connectivity index (χ4v) is 4.08. The summed E-state index contributed by atoms with van der Waals surface area (Å²) in [5.74, 6) is -4.99. The summed E-state index contributed by atoms with van der Waals surface area (Å²) in [5, 5.41) is 10.8. The Morgan fingerprint density at radius 3 is 2.36 bits per heavy atom. The lowest BCUT2D eigenvalue weighted by Crippen LogP contribution is -2.36. The molecule has 0 saturated carbocycles. The minimum atomic E-state index is -1.01. The molecule has 1 heterocycles. The monoisotopic (exact) mass is 457 g/mol. The Morgan fingerprint density at radius 2 is 1.73 bits per heavy atom. The first-order valence-corrected chi connectivity index (χ1v) is 10.6. The van der Waals surface area contributed by atoms with Crippen LogP contribution >= 0.6 is 0 Å². The highest BCUT2D eigenvalue weighted by Crippen LogP contribution is 2.44. The molecular formula is C25H25F2NO5. The van der Waals surface area contributed by atoms with Gasteiger partial charge in [-0.2, -0.15) is 0 Å². The molecule has 0 spiro atoms. The van der Waals surface area contributed by atoms with Crippen LogP contribution in [0.2, 0.25) is 0 Å². The number of carbonyl (C=O) groups is 2. The molecule has 0 fully saturated rings. The number of phenols is 1. The predicted molar refractivity (Wildman–Crippen MR) is 119 cm³/mol. The number of phenolic OH excluding ortho intramolecular Hbond substituents is 1. The van der Waals surface area contributed by atoms with Gasteiger partial charge in [-0.25, -0.2) is 13.6 Å². The van der Waals surface area contributed by atoms with E-state index in [4.69, 9.17) is 9.47 Å². The molecule has 2 atom stereocenters. The maximum atomic E-state index is 14.5. The van der Waals surface area contributed by atoms with Crippen LogP contribution in [0.25, 0.3) is 11.1 Å². The fraction of sp³-hybridized carbons (Fsp3) is 0.320. The average molecular weight is 457 g/mol. The third-order valence-electron chi connectivity index (χ3n) is 5.47. The molecular weight excluding hydrogens is 432 g/mol. The summed E-state index contributed by atoms with van der Waals surface area (Å²) < 4.78 is 38.3. The quantitative estimate of drug-likeness (QED) is 0.623. The number of aromatic hydroxyl groups is 1. The highest BCUT2D eigenvalue weighted by Gasteiger charge is 2.43. The van der Waals surface area contributed by atoms with Crippen molar-refractivity contribution in [3.05, 3.63) is 64.9 Å². The molecule has 1 aliphatic heterocycles. The molecule has 8 heteroatoms. The smallest absolute Gasteiger partial charge is 0.336 e. The molecule has 174 valence electrons. The largest absolute Gasteiger partial charge is 0.508 e. The second-order valence-electron chi connectivity index (χ2n) is 7.58. The molecule has 3 rings (SSSR count). The summed E-state index contributed by atoms with van der Waals surface area (Å²) in [6.07, 6.45) is 0. The van der Waals surface area contributed by atoms with Crippen molar-refractivity contribution >= 4 is 17.7 Å². The molecule has 2 aromatic rings. The van der Waals surface area contributed by atoms with Gasteiger partial charge in [-0.1, -0.05) is 6.07 Å². The number of esters is 2. The topological polar surface area (TPSA) is 85.2 Å². The Balaban J connectivity index is 2.24. The van der Waals surface area contributed by atoms with E-state index in [9.17, 15) is 23.5 Å². The van der Waals surface area contributed by atoms with Crippen molar-refractivity contribution < 1.29 is 33.0 Å². The summed E-state index contributed by atoms with van der Waals surface area (Å²) in [7, 11) is 0. The van der Waals surface area contributed by atoms with Crippen LogP contribution in [0.4, 0.5) is 8.78 Å². The maximum absolute atomic E-state index is 14.5. The van der Waals surface area contributed by atoms with Gasteiger partial charge in [-0.15, -0.1) is 0 Å². The van der Waals surface area contributed by atoms with Crippen LogP contribution in [0.3, 0.4) is 0 Å². The van der Waals surface area contributed by atoms with Gasteiger partial charge in [-0.3, -0.25) is 9.79 Å². The van der Waals surface area contributed by atoms with E-state index in [2.05, 4.69) is 4.99 Å². The molecule has 0 aromatic heterocycles. The minimum Gasteiger partial charge on any atom is -0.508 e. The van der Waals surface area contributed by atoms with Crippen molar-refractivity contribution in [1.29, 1.82) is 0 Å². The fourth-order valence-electron chi connectivity index (χ4n) is 4.08. The first-order chi connectivity index (χ1) is 15.7. The van der Waals surface area contributed by atoms with E-state index in [1.165, 1.54) is 24.3 Å². The van der Waals surface area contributed by atoms with Crippen LogP contribution in [0, 0.1) is 17.6 Å².